The first-order valence-electron chi connectivity index (χ1n) is 6.74. The zero-order chi connectivity index (χ0) is 15.4. The Kier molecular flexibility index (Phi) is 4.91. The van der Waals surface area contributed by atoms with Crippen molar-refractivity contribution in [1.82, 2.24) is 0 Å². The lowest BCUT2D eigenvalue weighted by atomic mass is 9.98. The molecule has 0 spiro atoms. The third-order valence-corrected chi connectivity index (χ3v) is 3.18. The van der Waals surface area contributed by atoms with Crippen molar-refractivity contribution in [3.05, 3.63) is 64.7 Å². The standard InChI is InChI=1S/C17H18F2O2/c1-11-6-12(2)8-13(7-11)9-16(20)14-4-3-5-15(10-14)21-17(18)19/h3-8,10,16-17,20H,9H2,1-2H3. The molecule has 0 aliphatic carbocycles. The van der Waals surface area contributed by atoms with Crippen LogP contribution in [0.2, 0.25) is 0 Å². The van der Waals surface area contributed by atoms with Crippen molar-refractivity contribution in [1.29, 1.82) is 0 Å². The Bertz CT molecular complexity index is 591. The molecule has 0 aromatic heterocycles. The summed E-state index contributed by atoms with van der Waals surface area (Å²) in [6, 6.07) is 12.3. The Morgan fingerprint density at radius 2 is 1.71 bits per heavy atom. The highest BCUT2D eigenvalue weighted by atomic mass is 19.3. The number of aryl methyl sites for hydroxylation is 2. The fourth-order valence-electron chi connectivity index (χ4n) is 2.43. The largest absolute Gasteiger partial charge is 0.435 e. The predicted molar refractivity (Wildman–Crippen MR) is 77.7 cm³/mol. The molecule has 0 saturated carbocycles. The second-order valence-corrected chi connectivity index (χ2v) is 5.17. The summed E-state index contributed by atoms with van der Waals surface area (Å²) in [5.41, 5.74) is 3.84. The summed E-state index contributed by atoms with van der Waals surface area (Å²) in [4.78, 5) is 0. The molecular formula is C17H18F2O2. The van der Waals surface area contributed by atoms with Gasteiger partial charge in [-0.15, -0.1) is 0 Å². The van der Waals surface area contributed by atoms with Crippen molar-refractivity contribution in [3.63, 3.8) is 0 Å². The van der Waals surface area contributed by atoms with Gasteiger partial charge in [0.05, 0.1) is 6.10 Å². The summed E-state index contributed by atoms with van der Waals surface area (Å²) < 4.78 is 28.8. The highest BCUT2D eigenvalue weighted by molar-refractivity contribution is 5.33. The van der Waals surface area contributed by atoms with Gasteiger partial charge >= 0.3 is 6.61 Å². The van der Waals surface area contributed by atoms with Crippen LogP contribution in [0.4, 0.5) is 8.78 Å². The molecule has 4 heteroatoms. The first-order valence-corrected chi connectivity index (χ1v) is 6.74. The summed E-state index contributed by atoms with van der Waals surface area (Å²) in [6.07, 6.45) is -0.326. The van der Waals surface area contributed by atoms with Gasteiger partial charge in [0.2, 0.25) is 0 Å². The van der Waals surface area contributed by atoms with E-state index >= 15 is 0 Å². The van der Waals surface area contributed by atoms with E-state index in [1.165, 1.54) is 12.1 Å². The number of hydrogen-bond donors (Lipinski definition) is 1. The van der Waals surface area contributed by atoms with Crippen LogP contribution in [0, 0.1) is 13.8 Å². The molecule has 2 rings (SSSR count). The summed E-state index contributed by atoms with van der Waals surface area (Å²) in [5.74, 6) is 0.0574. The number of aliphatic hydroxyl groups is 1. The van der Waals surface area contributed by atoms with Gasteiger partial charge in [-0.05, 0) is 37.1 Å². The molecule has 2 aromatic carbocycles. The number of alkyl halides is 2. The average molecular weight is 292 g/mol. The fourth-order valence-corrected chi connectivity index (χ4v) is 2.43. The SMILES string of the molecule is Cc1cc(C)cc(CC(O)c2cccc(OC(F)F)c2)c1. The monoisotopic (exact) mass is 292 g/mol. The lowest BCUT2D eigenvalue weighted by molar-refractivity contribution is -0.0499. The minimum Gasteiger partial charge on any atom is -0.435 e. The summed E-state index contributed by atoms with van der Waals surface area (Å²) in [7, 11) is 0. The van der Waals surface area contributed by atoms with Crippen LogP contribution in [0.5, 0.6) is 5.75 Å². The number of hydrogen-bond acceptors (Lipinski definition) is 2. The minimum absolute atomic E-state index is 0.0574. The molecule has 0 heterocycles. The van der Waals surface area contributed by atoms with Crippen molar-refractivity contribution in [2.45, 2.75) is 33.0 Å². The fraction of sp³-hybridized carbons (Fsp3) is 0.294. The molecule has 0 amide bonds. The maximum absolute atomic E-state index is 12.2. The van der Waals surface area contributed by atoms with Crippen molar-refractivity contribution in [3.8, 4) is 5.75 Å². The molecule has 0 fully saturated rings. The number of ether oxygens (including phenoxy) is 1. The van der Waals surface area contributed by atoms with Crippen LogP contribution in [0.15, 0.2) is 42.5 Å². The molecule has 112 valence electrons. The Balaban J connectivity index is 2.14. The van der Waals surface area contributed by atoms with Gasteiger partial charge in [0.25, 0.3) is 0 Å². The molecule has 0 aliphatic heterocycles. The van der Waals surface area contributed by atoms with E-state index in [9.17, 15) is 13.9 Å². The lowest BCUT2D eigenvalue weighted by Gasteiger charge is -2.14. The van der Waals surface area contributed by atoms with Gasteiger partial charge in [0.1, 0.15) is 5.75 Å². The zero-order valence-electron chi connectivity index (χ0n) is 12.0. The molecular weight excluding hydrogens is 274 g/mol. The normalized spacial score (nSPS) is 12.5. The van der Waals surface area contributed by atoms with Gasteiger partial charge in [-0.3, -0.25) is 0 Å². The van der Waals surface area contributed by atoms with E-state index in [2.05, 4.69) is 10.8 Å². The highest BCUT2D eigenvalue weighted by Crippen LogP contribution is 2.24. The summed E-state index contributed by atoms with van der Waals surface area (Å²) in [5, 5.41) is 10.3. The number of benzene rings is 2. The third-order valence-electron chi connectivity index (χ3n) is 3.18. The second-order valence-electron chi connectivity index (χ2n) is 5.17. The number of aliphatic hydroxyl groups excluding tert-OH is 1. The van der Waals surface area contributed by atoms with Crippen LogP contribution in [-0.2, 0) is 6.42 Å². The Morgan fingerprint density at radius 1 is 1.05 bits per heavy atom. The van der Waals surface area contributed by atoms with Gasteiger partial charge in [0, 0.05) is 6.42 Å². The van der Waals surface area contributed by atoms with E-state index in [1.807, 2.05) is 26.0 Å². The van der Waals surface area contributed by atoms with Crippen molar-refractivity contribution in [2.75, 3.05) is 0 Å². The van der Waals surface area contributed by atoms with Crippen molar-refractivity contribution < 1.29 is 18.6 Å². The van der Waals surface area contributed by atoms with Crippen LogP contribution in [-0.4, -0.2) is 11.7 Å². The average Bonchev–Trinajstić information content (AvgIpc) is 2.36. The van der Waals surface area contributed by atoms with Gasteiger partial charge in [-0.2, -0.15) is 8.78 Å². The smallest absolute Gasteiger partial charge is 0.387 e. The highest BCUT2D eigenvalue weighted by Gasteiger charge is 2.12. The molecule has 1 unspecified atom stereocenters. The Morgan fingerprint density at radius 3 is 2.33 bits per heavy atom. The van der Waals surface area contributed by atoms with E-state index in [0.29, 0.717) is 12.0 Å². The maximum Gasteiger partial charge on any atom is 0.387 e. The molecule has 0 aliphatic rings. The van der Waals surface area contributed by atoms with E-state index in [4.69, 9.17) is 0 Å². The first-order chi connectivity index (χ1) is 9.94. The molecule has 0 saturated heterocycles. The maximum atomic E-state index is 12.2. The minimum atomic E-state index is -2.86. The lowest BCUT2D eigenvalue weighted by Crippen LogP contribution is -2.05. The molecule has 2 nitrogen and oxygen atoms in total. The van der Waals surface area contributed by atoms with Gasteiger partial charge in [-0.1, -0.05) is 41.5 Å². The topological polar surface area (TPSA) is 29.5 Å². The quantitative estimate of drug-likeness (QED) is 0.895. The molecule has 1 N–H and O–H groups in total. The van der Waals surface area contributed by atoms with E-state index in [0.717, 1.165) is 16.7 Å². The summed E-state index contributed by atoms with van der Waals surface area (Å²) in [6.45, 7) is 1.14. The first kappa shape index (κ1) is 15.4. The van der Waals surface area contributed by atoms with Gasteiger partial charge in [0.15, 0.2) is 0 Å². The molecule has 0 radical (unpaired) electrons. The third kappa shape index (κ3) is 4.53. The van der Waals surface area contributed by atoms with Crippen molar-refractivity contribution in [2.24, 2.45) is 0 Å². The zero-order valence-corrected chi connectivity index (χ0v) is 12.0. The molecule has 1 atom stereocenters. The summed E-state index contributed by atoms with van der Waals surface area (Å²) >= 11 is 0. The van der Waals surface area contributed by atoms with Gasteiger partial charge in [-0.25, -0.2) is 0 Å². The number of rotatable bonds is 5. The van der Waals surface area contributed by atoms with Crippen LogP contribution in [0.1, 0.15) is 28.4 Å². The Labute approximate surface area is 123 Å². The molecule has 21 heavy (non-hydrogen) atoms. The number of halogens is 2. The van der Waals surface area contributed by atoms with Crippen LogP contribution in [0.3, 0.4) is 0 Å². The molecule has 2 aromatic rings. The Hall–Kier alpha value is -1.94. The van der Waals surface area contributed by atoms with E-state index < -0.39 is 12.7 Å². The van der Waals surface area contributed by atoms with Crippen molar-refractivity contribution >= 4 is 0 Å². The van der Waals surface area contributed by atoms with Crippen LogP contribution >= 0.6 is 0 Å². The van der Waals surface area contributed by atoms with E-state index in [-0.39, 0.29) is 5.75 Å². The van der Waals surface area contributed by atoms with Gasteiger partial charge < -0.3 is 9.84 Å². The second kappa shape index (κ2) is 6.68. The molecule has 0 bridgehead atoms. The van der Waals surface area contributed by atoms with E-state index in [1.54, 1.807) is 12.1 Å². The van der Waals surface area contributed by atoms with Crippen LogP contribution < -0.4 is 4.74 Å². The predicted octanol–water partition coefficient (Wildman–Crippen LogP) is 4.18. The van der Waals surface area contributed by atoms with Crippen LogP contribution in [0.25, 0.3) is 0 Å².